The molecule has 1 aromatic carbocycles. The van der Waals surface area contributed by atoms with Crippen molar-refractivity contribution in [2.24, 2.45) is 34.8 Å². The van der Waals surface area contributed by atoms with E-state index in [2.05, 4.69) is 16.0 Å². The first-order valence-corrected chi connectivity index (χ1v) is 16.3. The van der Waals surface area contributed by atoms with Crippen molar-refractivity contribution in [2.75, 3.05) is 6.54 Å². The smallest absolute Gasteiger partial charge is 0.329 e. The van der Waals surface area contributed by atoms with Crippen molar-refractivity contribution in [3.63, 3.8) is 0 Å². The van der Waals surface area contributed by atoms with Crippen LogP contribution in [0.1, 0.15) is 79.7 Å². The SMILES string of the molecule is CC(C)[C@H](NC(=O)N[C@H](C(=O)N1CC[C@H](C(C)C)[C@H]1C(=O)NC(CC1CC1)C(=O)C(N)=O)C(C)(C)C)C(=O)OCc1ccc(F)cc1. The fourth-order valence-electron chi connectivity index (χ4n) is 5.90. The third kappa shape index (κ3) is 10.2. The average molecular weight is 660 g/mol. The monoisotopic (exact) mass is 659 g/mol. The zero-order valence-corrected chi connectivity index (χ0v) is 28.4. The number of halogens is 1. The second kappa shape index (κ2) is 15.7. The van der Waals surface area contributed by atoms with Crippen LogP contribution >= 0.6 is 0 Å². The van der Waals surface area contributed by atoms with Gasteiger partial charge in [-0.2, -0.15) is 0 Å². The summed E-state index contributed by atoms with van der Waals surface area (Å²) in [5, 5.41) is 8.08. The molecule has 0 spiro atoms. The first kappa shape index (κ1) is 37.4. The van der Waals surface area contributed by atoms with E-state index < -0.39 is 70.9 Å². The Morgan fingerprint density at radius 2 is 1.57 bits per heavy atom. The molecular weight excluding hydrogens is 609 g/mol. The Labute approximate surface area is 276 Å². The van der Waals surface area contributed by atoms with Gasteiger partial charge in [0.15, 0.2) is 0 Å². The third-order valence-corrected chi connectivity index (χ3v) is 8.88. The highest BCUT2D eigenvalue weighted by Crippen LogP contribution is 2.35. The number of ketones is 1. The minimum absolute atomic E-state index is 0.00865. The van der Waals surface area contributed by atoms with Crippen molar-refractivity contribution in [1.29, 1.82) is 0 Å². The highest BCUT2D eigenvalue weighted by Gasteiger charge is 2.48. The maximum atomic E-state index is 14.2. The summed E-state index contributed by atoms with van der Waals surface area (Å²) in [6.07, 6.45) is 2.62. The molecule has 0 bridgehead atoms. The van der Waals surface area contributed by atoms with Gasteiger partial charge < -0.3 is 31.3 Å². The van der Waals surface area contributed by atoms with Gasteiger partial charge in [0.2, 0.25) is 17.6 Å². The van der Waals surface area contributed by atoms with Crippen LogP contribution in [0, 0.1) is 34.9 Å². The molecule has 1 aliphatic carbocycles. The van der Waals surface area contributed by atoms with E-state index in [1.807, 2.05) is 13.8 Å². The zero-order valence-electron chi connectivity index (χ0n) is 28.4. The summed E-state index contributed by atoms with van der Waals surface area (Å²) in [7, 11) is 0. The van der Waals surface area contributed by atoms with E-state index in [0.29, 0.717) is 18.4 Å². The van der Waals surface area contributed by atoms with Crippen LogP contribution in [0.2, 0.25) is 0 Å². The van der Waals surface area contributed by atoms with Gasteiger partial charge >= 0.3 is 12.0 Å². The number of nitrogens with one attached hydrogen (secondary N) is 3. The van der Waals surface area contributed by atoms with E-state index in [4.69, 9.17) is 10.5 Å². The van der Waals surface area contributed by atoms with E-state index in [1.54, 1.807) is 34.6 Å². The van der Waals surface area contributed by atoms with Crippen molar-refractivity contribution in [3.05, 3.63) is 35.6 Å². The fraction of sp³-hybridized carbons (Fsp3) is 0.647. The Balaban J connectivity index is 1.76. The van der Waals surface area contributed by atoms with Crippen LogP contribution in [0.25, 0.3) is 0 Å². The van der Waals surface area contributed by atoms with Gasteiger partial charge in [0.05, 0.1) is 6.04 Å². The lowest BCUT2D eigenvalue weighted by atomic mass is 9.84. The number of amides is 5. The average Bonchev–Trinajstić information content (AvgIpc) is 3.69. The molecule has 1 aromatic rings. The standard InChI is InChI=1S/C34H50FN5O7/c1-18(2)23-14-15-40(26(23)30(43)37-24(16-20-8-9-20)27(41)29(36)42)31(44)28(34(5,6)7)39-33(46)38-25(19(3)4)32(45)47-17-21-10-12-22(35)13-11-21/h10-13,18-20,23-26,28H,8-9,14-17H2,1-7H3,(H2,36,42)(H,37,43)(H2,38,39,46)/t23-,24?,25+,26+,28-/m1/s1. The van der Waals surface area contributed by atoms with Gasteiger partial charge in [0.25, 0.3) is 5.91 Å². The number of rotatable bonds is 14. The normalized spacial score (nSPS) is 19.9. The van der Waals surface area contributed by atoms with Crippen LogP contribution in [-0.2, 0) is 35.3 Å². The quantitative estimate of drug-likeness (QED) is 0.175. The number of hydrogen-bond acceptors (Lipinski definition) is 7. The van der Waals surface area contributed by atoms with Crippen LogP contribution in [-0.4, -0.2) is 71.1 Å². The summed E-state index contributed by atoms with van der Waals surface area (Å²) in [5.41, 5.74) is 5.04. The van der Waals surface area contributed by atoms with Crippen LogP contribution in [0.4, 0.5) is 9.18 Å². The number of esters is 1. The van der Waals surface area contributed by atoms with E-state index in [0.717, 1.165) is 12.8 Å². The zero-order chi connectivity index (χ0) is 35.2. The number of ether oxygens (including phenoxy) is 1. The minimum Gasteiger partial charge on any atom is -0.459 e. The number of nitrogens with two attached hydrogens (primary N) is 1. The lowest BCUT2D eigenvalue weighted by molar-refractivity contribution is -0.148. The first-order chi connectivity index (χ1) is 21.9. The number of hydrogen-bond donors (Lipinski definition) is 4. The highest BCUT2D eigenvalue weighted by molar-refractivity contribution is 6.37. The molecule has 3 rings (SSSR count). The topological polar surface area (TPSA) is 177 Å². The summed E-state index contributed by atoms with van der Waals surface area (Å²) in [5.74, 6) is -4.52. The molecule has 2 aliphatic rings. The predicted octanol–water partition coefficient (Wildman–Crippen LogP) is 2.82. The lowest BCUT2D eigenvalue weighted by Crippen LogP contribution is -2.62. The van der Waals surface area contributed by atoms with E-state index in [1.165, 1.54) is 29.2 Å². The number of nitrogens with zero attached hydrogens (tertiary/aromatic N) is 1. The van der Waals surface area contributed by atoms with Gasteiger partial charge in [-0.25, -0.2) is 14.0 Å². The summed E-state index contributed by atoms with van der Waals surface area (Å²) in [6.45, 7) is 12.8. The summed E-state index contributed by atoms with van der Waals surface area (Å²) in [4.78, 5) is 80.0. The number of primary amides is 1. The number of carbonyl (C=O) groups is 6. The molecule has 5 amide bonds. The van der Waals surface area contributed by atoms with Gasteiger partial charge in [-0.3, -0.25) is 19.2 Å². The highest BCUT2D eigenvalue weighted by atomic mass is 19.1. The van der Waals surface area contributed by atoms with Crippen LogP contribution in [0.5, 0.6) is 0 Å². The molecular formula is C34H50FN5O7. The van der Waals surface area contributed by atoms with Crippen molar-refractivity contribution < 1.29 is 37.9 Å². The second-order valence-electron chi connectivity index (χ2n) is 14.5. The molecule has 1 saturated carbocycles. The maximum absolute atomic E-state index is 14.2. The largest absolute Gasteiger partial charge is 0.459 e. The number of Topliss-reactive ketones (excluding diaryl/α,β-unsaturated/α-hetero) is 1. The maximum Gasteiger partial charge on any atom is 0.329 e. The third-order valence-electron chi connectivity index (χ3n) is 8.88. The minimum atomic E-state index is -1.13. The Morgan fingerprint density at radius 3 is 2.09 bits per heavy atom. The lowest BCUT2D eigenvalue weighted by Gasteiger charge is -2.37. The van der Waals surface area contributed by atoms with Crippen LogP contribution in [0.3, 0.4) is 0 Å². The van der Waals surface area contributed by atoms with Gasteiger partial charge in [-0.05, 0) is 59.6 Å². The molecule has 13 heteroatoms. The van der Waals surface area contributed by atoms with Crippen molar-refractivity contribution in [2.45, 2.75) is 105 Å². The fourth-order valence-corrected chi connectivity index (χ4v) is 5.90. The van der Waals surface area contributed by atoms with Crippen LogP contribution in [0.15, 0.2) is 24.3 Å². The predicted molar refractivity (Wildman–Crippen MR) is 172 cm³/mol. The van der Waals surface area contributed by atoms with Crippen molar-refractivity contribution in [3.8, 4) is 0 Å². The molecule has 2 fully saturated rings. The molecule has 1 heterocycles. The van der Waals surface area contributed by atoms with Gasteiger partial charge in [0.1, 0.15) is 30.5 Å². The molecule has 1 aliphatic heterocycles. The summed E-state index contributed by atoms with van der Waals surface area (Å²) >= 11 is 0. The molecule has 47 heavy (non-hydrogen) atoms. The molecule has 5 atom stereocenters. The van der Waals surface area contributed by atoms with Crippen LogP contribution < -0.4 is 21.7 Å². The van der Waals surface area contributed by atoms with E-state index in [9.17, 15) is 33.2 Å². The molecule has 12 nitrogen and oxygen atoms in total. The Bertz CT molecular complexity index is 1320. The molecule has 1 unspecified atom stereocenters. The first-order valence-electron chi connectivity index (χ1n) is 16.3. The Kier molecular flexibility index (Phi) is 12.5. The van der Waals surface area contributed by atoms with Crippen molar-refractivity contribution >= 4 is 35.5 Å². The molecule has 260 valence electrons. The van der Waals surface area contributed by atoms with Gasteiger partial charge in [0, 0.05) is 6.54 Å². The van der Waals surface area contributed by atoms with Gasteiger partial charge in [-0.15, -0.1) is 0 Å². The molecule has 1 saturated heterocycles. The molecule has 0 aromatic heterocycles. The Morgan fingerprint density at radius 1 is 0.957 bits per heavy atom. The summed E-state index contributed by atoms with van der Waals surface area (Å²) in [6, 6.07) is 0.561. The number of benzene rings is 1. The summed E-state index contributed by atoms with van der Waals surface area (Å²) < 4.78 is 18.6. The number of urea groups is 1. The Hall–Kier alpha value is -4.03. The molecule has 5 N–H and O–H groups in total. The number of likely N-dealkylation sites (tertiary alicyclic amines) is 1. The number of carbonyl (C=O) groups excluding carboxylic acids is 6. The van der Waals surface area contributed by atoms with Gasteiger partial charge in [-0.1, -0.05) is 73.4 Å². The van der Waals surface area contributed by atoms with E-state index >= 15 is 0 Å². The van der Waals surface area contributed by atoms with Crippen molar-refractivity contribution in [1.82, 2.24) is 20.9 Å². The second-order valence-corrected chi connectivity index (χ2v) is 14.5. The van der Waals surface area contributed by atoms with E-state index in [-0.39, 0.29) is 36.8 Å². The molecule has 0 radical (unpaired) electrons.